The van der Waals surface area contributed by atoms with Crippen LogP contribution in [0.2, 0.25) is 5.15 Å². The number of pyridine rings is 2. The quantitative estimate of drug-likeness (QED) is 0.148. The van der Waals surface area contributed by atoms with Crippen molar-refractivity contribution in [2.24, 2.45) is 11.3 Å². The largest absolute Gasteiger partial charge is 0.473 e. The second-order valence-corrected chi connectivity index (χ2v) is 13.8. The normalized spacial score (nSPS) is 15.7. The highest BCUT2D eigenvalue weighted by atomic mass is 35.5. The van der Waals surface area contributed by atoms with Crippen LogP contribution in [0.15, 0.2) is 114 Å². The van der Waals surface area contributed by atoms with E-state index in [-0.39, 0.29) is 5.69 Å². The molecule has 0 radical (unpaired) electrons. The van der Waals surface area contributed by atoms with E-state index >= 15 is 0 Å². The van der Waals surface area contributed by atoms with E-state index in [1.807, 2.05) is 91.1 Å². The van der Waals surface area contributed by atoms with Crippen LogP contribution in [0.1, 0.15) is 42.4 Å². The van der Waals surface area contributed by atoms with Gasteiger partial charge in [-0.2, -0.15) is 4.98 Å². The number of nitrogens with one attached hydrogen (secondary N) is 1. The van der Waals surface area contributed by atoms with Gasteiger partial charge in [-0.1, -0.05) is 84.4 Å². The number of ether oxygens (including phenoxy) is 2. The molecule has 3 aromatic heterocycles. The lowest BCUT2D eigenvalue weighted by atomic mass is 9.56. The van der Waals surface area contributed by atoms with Gasteiger partial charge in [0.15, 0.2) is 0 Å². The molecular formula is C40H38ClN5O3. The lowest BCUT2D eigenvalue weighted by molar-refractivity contribution is 0.0283. The fourth-order valence-corrected chi connectivity index (χ4v) is 7.76. The molecule has 8 nitrogen and oxygen atoms in total. The molecule has 0 unspecified atom stereocenters. The maximum absolute atomic E-state index is 13.7. The molecule has 3 aromatic carbocycles. The monoisotopic (exact) mass is 671 g/mol. The van der Waals surface area contributed by atoms with Crippen LogP contribution in [-0.2, 0) is 19.6 Å². The highest BCUT2D eigenvalue weighted by Gasteiger charge is 2.45. The van der Waals surface area contributed by atoms with E-state index in [0.29, 0.717) is 47.1 Å². The highest BCUT2D eigenvalue weighted by molar-refractivity contribution is 6.29. The fourth-order valence-electron chi connectivity index (χ4n) is 7.65. The smallest absolute Gasteiger partial charge is 0.331 e. The molecule has 1 saturated heterocycles. The Balaban J connectivity index is 1.02. The van der Waals surface area contributed by atoms with E-state index in [2.05, 4.69) is 27.0 Å². The number of imidazole rings is 1. The van der Waals surface area contributed by atoms with Gasteiger partial charge in [-0.15, -0.1) is 0 Å². The number of para-hydroxylation sites is 1. The zero-order valence-corrected chi connectivity index (χ0v) is 28.0. The van der Waals surface area contributed by atoms with Gasteiger partial charge in [0.2, 0.25) is 11.8 Å². The summed E-state index contributed by atoms with van der Waals surface area (Å²) in [5.74, 6) is 1.46. The van der Waals surface area contributed by atoms with E-state index in [9.17, 15) is 4.79 Å². The second-order valence-electron chi connectivity index (χ2n) is 13.4. The van der Waals surface area contributed by atoms with Crippen LogP contribution >= 0.6 is 11.6 Å². The Kier molecular flexibility index (Phi) is 8.56. The zero-order chi connectivity index (χ0) is 33.2. The molecule has 6 aromatic rings. The van der Waals surface area contributed by atoms with Crippen molar-refractivity contribution < 1.29 is 9.47 Å². The number of halogens is 1. The summed E-state index contributed by atoms with van der Waals surface area (Å²) < 4.78 is 14.0. The van der Waals surface area contributed by atoms with Crippen molar-refractivity contribution in [3.05, 3.63) is 142 Å². The van der Waals surface area contributed by atoms with Crippen LogP contribution < -0.4 is 20.1 Å². The molecule has 1 N–H and O–H groups in total. The number of nitrogens with zero attached hydrogens (tertiary/aromatic N) is 4. The third-order valence-corrected chi connectivity index (χ3v) is 10.3. The van der Waals surface area contributed by atoms with Crippen molar-refractivity contribution in [1.29, 1.82) is 0 Å². The van der Waals surface area contributed by atoms with Gasteiger partial charge < -0.3 is 19.4 Å². The summed E-state index contributed by atoms with van der Waals surface area (Å²) >= 11 is 5.98. The first-order valence-corrected chi connectivity index (χ1v) is 17.3. The minimum atomic E-state index is -0.237. The summed E-state index contributed by atoms with van der Waals surface area (Å²) in [6.07, 6.45) is 7.78. The van der Waals surface area contributed by atoms with E-state index in [1.54, 1.807) is 10.6 Å². The number of H-pyrrole nitrogens is 1. The number of anilines is 1. The number of hydrogen-bond donors (Lipinski definition) is 1. The average Bonchev–Trinajstić information content (AvgIpc) is 3.47. The standard InChI is InChI=1S/C40H38ClN5O3/c41-35-16-14-30(25-42-35)22-31-23-40(24-31)18-20-45(21-19-40)32-12-7-13-33-37(32)44-39(47)46(33)34-15-17-36(48-26-28-8-3-1-4-9-28)43-38(34)49-27-29-10-5-2-6-11-29/h1-17,25,31H,18-24,26-27H2,(H,44,47). The number of rotatable bonds is 10. The van der Waals surface area contributed by atoms with Gasteiger partial charge in [0.05, 0.1) is 16.7 Å². The van der Waals surface area contributed by atoms with Gasteiger partial charge >= 0.3 is 5.69 Å². The molecule has 0 amide bonds. The maximum Gasteiger partial charge on any atom is 0.331 e. The first-order valence-electron chi connectivity index (χ1n) is 17.0. The Morgan fingerprint density at radius 1 is 0.776 bits per heavy atom. The van der Waals surface area contributed by atoms with Crippen molar-refractivity contribution in [2.45, 2.75) is 45.3 Å². The van der Waals surface area contributed by atoms with Gasteiger partial charge in [-0.25, -0.2) is 9.78 Å². The molecule has 1 aliphatic carbocycles. The summed E-state index contributed by atoms with van der Waals surface area (Å²) in [5, 5.41) is 0.545. The molecule has 8 rings (SSSR count). The molecule has 49 heavy (non-hydrogen) atoms. The van der Waals surface area contributed by atoms with E-state index in [1.165, 1.54) is 18.4 Å². The minimum absolute atomic E-state index is 0.237. The summed E-state index contributed by atoms with van der Waals surface area (Å²) in [6.45, 7) is 2.60. The second kappa shape index (κ2) is 13.4. The van der Waals surface area contributed by atoms with Crippen LogP contribution in [-0.4, -0.2) is 32.6 Å². The molecule has 9 heteroatoms. The molecule has 248 valence electrons. The fraction of sp³-hybridized carbons (Fsp3) is 0.275. The minimum Gasteiger partial charge on any atom is -0.473 e. The Morgan fingerprint density at radius 3 is 2.18 bits per heavy atom. The summed E-state index contributed by atoms with van der Waals surface area (Å²) in [7, 11) is 0. The van der Waals surface area contributed by atoms with Gasteiger partial charge in [-0.3, -0.25) is 4.57 Å². The van der Waals surface area contributed by atoms with Gasteiger partial charge in [0.1, 0.15) is 24.1 Å². The van der Waals surface area contributed by atoms with E-state index < -0.39 is 0 Å². The number of fused-ring (bicyclic) bond motifs is 1. The molecule has 1 aliphatic heterocycles. The number of hydrogen-bond acceptors (Lipinski definition) is 6. The number of benzene rings is 3. The molecular weight excluding hydrogens is 634 g/mol. The average molecular weight is 672 g/mol. The number of piperidine rings is 1. The molecule has 1 spiro atoms. The topological polar surface area (TPSA) is 85.3 Å². The predicted octanol–water partition coefficient (Wildman–Crippen LogP) is 8.16. The first-order chi connectivity index (χ1) is 24.0. The molecule has 1 saturated carbocycles. The van der Waals surface area contributed by atoms with E-state index in [0.717, 1.165) is 60.2 Å². The summed E-state index contributed by atoms with van der Waals surface area (Å²) in [6, 6.07) is 33.6. The van der Waals surface area contributed by atoms with Gasteiger partial charge in [0.25, 0.3) is 0 Å². The third-order valence-electron chi connectivity index (χ3n) is 10.1. The summed E-state index contributed by atoms with van der Waals surface area (Å²) in [4.78, 5) is 28.3. The molecule has 2 aliphatic rings. The Labute approximate surface area is 290 Å². The van der Waals surface area contributed by atoms with Crippen LogP contribution in [0.3, 0.4) is 0 Å². The number of aromatic amines is 1. The molecule has 2 fully saturated rings. The van der Waals surface area contributed by atoms with Crippen molar-refractivity contribution in [1.82, 2.24) is 19.5 Å². The van der Waals surface area contributed by atoms with Crippen LogP contribution in [0.5, 0.6) is 11.8 Å². The number of aromatic nitrogens is 4. The van der Waals surface area contributed by atoms with Crippen LogP contribution in [0, 0.1) is 11.3 Å². The van der Waals surface area contributed by atoms with Crippen molar-refractivity contribution in [3.8, 4) is 17.4 Å². The van der Waals surface area contributed by atoms with Crippen LogP contribution in [0.4, 0.5) is 5.69 Å². The lowest BCUT2D eigenvalue weighted by Crippen LogP contribution is -2.47. The van der Waals surface area contributed by atoms with Crippen molar-refractivity contribution in [3.63, 3.8) is 0 Å². The Hall–Kier alpha value is -5.08. The van der Waals surface area contributed by atoms with Crippen LogP contribution in [0.25, 0.3) is 16.7 Å². The van der Waals surface area contributed by atoms with Gasteiger partial charge in [0, 0.05) is 25.4 Å². The lowest BCUT2D eigenvalue weighted by Gasteiger charge is -2.53. The van der Waals surface area contributed by atoms with Gasteiger partial charge in [-0.05, 0) is 84.4 Å². The molecule has 0 atom stereocenters. The Morgan fingerprint density at radius 2 is 1.49 bits per heavy atom. The van der Waals surface area contributed by atoms with Crippen molar-refractivity contribution >= 4 is 28.3 Å². The Bertz CT molecular complexity index is 2100. The zero-order valence-electron chi connectivity index (χ0n) is 27.2. The van der Waals surface area contributed by atoms with Crippen molar-refractivity contribution in [2.75, 3.05) is 18.0 Å². The third kappa shape index (κ3) is 6.65. The SMILES string of the molecule is O=c1[nH]c2c(N3CCC4(CC3)CC(Cc3ccc(Cl)nc3)C4)cccc2n1-c1ccc(OCc2ccccc2)nc1OCc1ccccc1. The highest BCUT2D eigenvalue weighted by Crippen LogP contribution is 2.54. The molecule has 0 bridgehead atoms. The maximum atomic E-state index is 13.7. The van der Waals surface area contributed by atoms with E-state index in [4.69, 9.17) is 26.1 Å². The first kappa shape index (κ1) is 31.2. The predicted molar refractivity (Wildman–Crippen MR) is 193 cm³/mol. The molecule has 4 heterocycles. The summed E-state index contributed by atoms with van der Waals surface area (Å²) in [5.41, 5.74) is 6.70.